The van der Waals surface area contributed by atoms with E-state index in [1.807, 2.05) is 26.2 Å². The number of ether oxygens (including phenoxy) is 1. The molecule has 1 heterocycles. The minimum absolute atomic E-state index is 0.0774. The zero-order valence-electron chi connectivity index (χ0n) is 11.9. The van der Waals surface area contributed by atoms with Crippen molar-refractivity contribution in [1.82, 2.24) is 0 Å². The number of nitrogens with zero attached hydrogens (tertiary/aromatic N) is 1. The van der Waals surface area contributed by atoms with Gasteiger partial charge in [-0.2, -0.15) is 0 Å². The SMILES string of the molecule is CN(C)c1ccc(Br)cc1NC1COc2cc(O)ccc21. The number of halogens is 1. The maximum absolute atomic E-state index is 9.51. The largest absolute Gasteiger partial charge is 0.508 e. The second-order valence-electron chi connectivity index (χ2n) is 5.29. The number of phenolic OH excluding ortho intramolecular Hbond substituents is 1. The lowest BCUT2D eigenvalue weighted by Crippen LogP contribution is -2.16. The smallest absolute Gasteiger partial charge is 0.128 e. The van der Waals surface area contributed by atoms with E-state index in [0.29, 0.717) is 6.61 Å². The number of hydrogen-bond donors (Lipinski definition) is 2. The van der Waals surface area contributed by atoms with Crippen LogP contribution in [0, 0.1) is 0 Å². The molecule has 0 aliphatic carbocycles. The number of nitrogens with one attached hydrogen (secondary N) is 1. The summed E-state index contributed by atoms with van der Waals surface area (Å²) in [4.78, 5) is 2.07. The quantitative estimate of drug-likeness (QED) is 0.886. The highest BCUT2D eigenvalue weighted by Gasteiger charge is 2.25. The second kappa shape index (κ2) is 5.48. The highest BCUT2D eigenvalue weighted by molar-refractivity contribution is 9.10. The molecule has 3 rings (SSSR count). The molecule has 110 valence electrons. The summed E-state index contributed by atoms with van der Waals surface area (Å²) >= 11 is 3.51. The fourth-order valence-corrected chi connectivity index (χ4v) is 2.88. The first-order valence-electron chi connectivity index (χ1n) is 6.74. The van der Waals surface area contributed by atoms with Crippen LogP contribution in [-0.4, -0.2) is 25.8 Å². The Balaban J connectivity index is 1.91. The first kappa shape index (κ1) is 14.1. The van der Waals surface area contributed by atoms with E-state index in [0.717, 1.165) is 27.2 Å². The van der Waals surface area contributed by atoms with Gasteiger partial charge in [-0.05, 0) is 30.3 Å². The summed E-state index contributed by atoms with van der Waals surface area (Å²) in [6.07, 6.45) is 0. The first-order chi connectivity index (χ1) is 10.0. The van der Waals surface area contributed by atoms with Crippen molar-refractivity contribution in [2.45, 2.75) is 6.04 Å². The predicted octanol–water partition coefficient (Wildman–Crippen LogP) is 3.77. The highest BCUT2D eigenvalue weighted by atomic mass is 79.9. The standard InChI is InChI=1S/C16H17BrN2O2/c1-19(2)15-6-3-10(17)7-13(15)18-14-9-21-16-8-11(20)4-5-12(14)16/h3-8,14,18,20H,9H2,1-2H3. The van der Waals surface area contributed by atoms with E-state index in [1.54, 1.807) is 12.1 Å². The molecular weight excluding hydrogens is 332 g/mol. The van der Waals surface area contributed by atoms with E-state index in [2.05, 4.69) is 38.3 Å². The maximum Gasteiger partial charge on any atom is 0.128 e. The van der Waals surface area contributed by atoms with Crippen molar-refractivity contribution in [3.8, 4) is 11.5 Å². The van der Waals surface area contributed by atoms with Gasteiger partial charge in [0.05, 0.1) is 17.4 Å². The van der Waals surface area contributed by atoms with Crippen molar-refractivity contribution < 1.29 is 9.84 Å². The molecule has 1 unspecified atom stereocenters. The highest BCUT2D eigenvalue weighted by Crippen LogP contribution is 2.38. The van der Waals surface area contributed by atoms with Crippen LogP contribution < -0.4 is 15.0 Å². The van der Waals surface area contributed by atoms with Gasteiger partial charge in [-0.1, -0.05) is 15.9 Å². The van der Waals surface area contributed by atoms with Crippen LogP contribution in [-0.2, 0) is 0 Å². The van der Waals surface area contributed by atoms with Crippen molar-refractivity contribution >= 4 is 27.3 Å². The Morgan fingerprint density at radius 2 is 2.05 bits per heavy atom. The average Bonchev–Trinajstić information content (AvgIpc) is 2.81. The van der Waals surface area contributed by atoms with Crippen molar-refractivity contribution in [2.75, 3.05) is 30.9 Å². The third kappa shape index (κ3) is 2.78. The molecule has 0 aromatic heterocycles. The molecule has 2 aromatic rings. The summed E-state index contributed by atoms with van der Waals surface area (Å²) in [6, 6.07) is 11.5. The van der Waals surface area contributed by atoms with Crippen LogP contribution in [0.3, 0.4) is 0 Å². The molecule has 5 heteroatoms. The minimum atomic E-state index is 0.0774. The lowest BCUT2D eigenvalue weighted by Gasteiger charge is -2.21. The molecular formula is C16H17BrN2O2. The summed E-state index contributed by atoms with van der Waals surface area (Å²) in [6.45, 7) is 0.554. The van der Waals surface area contributed by atoms with E-state index < -0.39 is 0 Å². The van der Waals surface area contributed by atoms with Gasteiger partial charge >= 0.3 is 0 Å². The number of benzene rings is 2. The molecule has 0 saturated heterocycles. The zero-order valence-corrected chi connectivity index (χ0v) is 13.5. The van der Waals surface area contributed by atoms with E-state index >= 15 is 0 Å². The van der Waals surface area contributed by atoms with Gasteiger partial charge in [-0.15, -0.1) is 0 Å². The Hall–Kier alpha value is -1.88. The third-order valence-corrected chi connectivity index (χ3v) is 4.04. The topological polar surface area (TPSA) is 44.7 Å². The molecule has 2 aromatic carbocycles. The summed E-state index contributed by atoms with van der Waals surface area (Å²) in [5.41, 5.74) is 3.23. The molecule has 0 saturated carbocycles. The lowest BCUT2D eigenvalue weighted by atomic mass is 10.1. The molecule has 0 amide bonds. The van der Waals surface area contributed by atoms with E-state index in [4.69, 9.17) is 4.74 Å². The van der Waals surface area contributed by atoms with Crippen LogP contribution in [0.1, 0.15) is 11.6 Å². The van der Waals surface area contributed by atoms with Gasteiger partial charge in [0, 0.05) is 30.2 Å². The van der Waals surface area contributed by atoms with E-state index in [-0.39, 0.29) is 11.8 Å². The van der Waals surface area contributed by atoms with E-state index in [9.17, 15) is 5.11 Å². The maximum atomic E-state index is 9.51. The number of hydrogen-bond acceptors (Lipinski definition) is 4. The summed E-state index contributed by atoms with van der Waals surface area (Å²) < 4.78 is 6.68. The minimum Gasteiger partial charge on any atom is -0.508 e. The number of aromatic hydroxyl groups is 1. The summed E-state index contributed by atoms with van der Waals surface area (Å²) in [5, 5.41) is 13.0. The summed E-state index contributed by atoms with van der Waals surface area (Å²) in [7, 11) is 4.04. The van der Waals surface area contributed by atoms with Crippen molar-refractivity contribution in [3.05, 3.63) is 46.4 Å². The van der Waals surface area contributed by atoms with Crippen molar-refractivity contribution in [2.24, 2.45) is 0 Å². The molecule has 1 atom stereocenters. The lowest BCUT2D eigenvalue weighted by molar-refractivity contribution is 0.338. The van der Waals surface area contributed by atoms with Crippen LogP contribution in [0.15, 0.2) is 40.9 Å². The second-order valence-corrected chi connectivity index (χ2v) is 6.20. The summed E-state index contributed by atoms with van der Waals surface area (Å²) in [5.74, 6) is 0.972. The van der Waals surface area contributed by atoms with Gasteiger partial charge < -0.3 is 20.1 Å². The van der Waals surface area contributed by atoms with Gasteiger partial charge in [-0.25, -0.2) is 0 Å². The number of anilines is 2. The molecule has 0 fully saturated rings. The molecule has 1 aliphatic rings. The predicted molar refractivity (Wildman–Crippen MR) is 88.4 cm³/mol. The van der Waals surface area contributed by atoms with Crippen LogP contribution in [0.25, 0.3) is 0 Å². The molecule has 0 bridgehead atoms. The van der Waals surface area contributed by atoms with Crippen LogP contribution in [0.2, 0.25) is 0 Å². The van der Waals surface area contributed by atoms with Crippen LogP contribution in [0.4, 0.5) is 11.4 Å². The average molecular weight is 349 g/mol. The Morgan fingerprint density at radius 3 is 2.81 bits per heavy atom. The zero-order chi connectivity index (χ0) is 15.0. The monoisotopic (exact) mass is 348 g/mol. The molecule has 2 N–H and O–H groups in total. The molecule has 0 radical (unpaired) electrons. The van der Waals surface area contributed by atoms with Gasteiger partial charge in [0.15, 0.2) is 0 Å². The van der Waals surface area contributed by atoms with Gasteiger partial charge in [0.2, 0.25) is 0 Å². The first-order valence-corrected chi connectivity index (χ1v) is 7.53. The fraction of sp³-hybridized carbons (Fsp3) is 0.250. The van der Waals surface area contributed by atoms with Gasteiger partial charge in [-0.3, -0.25) is 0 Å². The van der Waals surface area contributed by atoms with Crippen molar-refractivity contribution in [1.29, 1.82) is 0 Å². The van der Waals surface area contributed by atoms with Gasteiger partial charge in [0.1, 0.15) is 18.1 Å². The number of fused-ring (bicyclic) bond motifs is 1. The number of phenols is 1. The van der Waals surface area contributed by atoms with E-state index in [1.165, 1.54) is 0 Å². The fourth-order valence-electron chi connectivity index (χ4n) is 2.52. The molecule has 21 heavy (non-hydrogen) atoms. The normalized spacial score (nSPS) is 16.2. The van der Waals surface area contributed by atoms with Crippen LogP contribution in [0.5, 0.6) is 11.5 Å². The molecule has 4 nitrogen and oxygen atoms in total. The molecule has 1 aliphatic heterocycles. The van der Waals surface area contributed by atoms with Crippen LogP contribution >= 0.6 is 15.9 Å². The third-order valence-electron chi connectivity index (χ3n) is 3.55. The Morgan fingerprint density at radius 1 is 1.24 bits per heavy atom. The Labute approximate surface area is 132 Å². The Kier molecular flexibility index (Phi) is 3.68. The molecule has 0 spiro atoms. The van der Waals surface area contributed by atoms with Crippen molar-refractivity contribution in [3.63, 3.8) is 0 Å². The number of rotatable bonds is 3. The van der Waals surface area contributed by atoms with Gasteiger partial charge in [0.25, 0.3) is 0 Å². The Bertz CT molecular complexity index is 673.